The molecular weight excluding hydrogens is 1060 g/mol. The topological polar surface area (TPSA) is 300 Å². The van der Waals surface area contributed by atoms with E-state index in [9.17, 15) is 48.3 Å². The van der Waals surface area contributed by atoms with E-state index in [1.165, 1.54) is 11.8 Å². The highest BCUT2D eigenvalue weighted by atomic mass is 16.5. The van der Waals surface area contributed by atoms with Crippen LogP contribution in [0, 0.1) is 11.3 Å². The average molecular weight is 1140 g/mol. The molecule has 0 spiro atoms. The molecule has 83 heavy (non-hydrogen) atoms. The normalized spacial score (nSPS) is 13.9. The highest BCUT2D eigenvalue weighted by Crippen LogP contribution is 2.32. The van der Waals surface area contributed by atoms with Crippen molar-refractivity contribution in [2.45, 2.75) is 137 Å². The summed E-state index contributed by atoms with van der Waals surface area (Å²) < 4.78 is 5.53. The number of aryl methyl sites for hydroxylation is 2. The molecule has 21 heteroatoms. The Morgan fingerprint density at radius 3 is 2.04 bits per heavy atom. The number of nitrogens with two attached hydrogens (primary N) is 1. The van der Waals surface area contributed by atoms with Crippen LogP contribution >= 0.6 is 0 Å². The highest BCUT2D eigenvalue weighted by Gasteiger charge is 2.42. The summed E-state index contributed by atoms with van der Waals surface area (Å²) in [5, 5.41) is 28.8. The van der Waals surface area contributed by atoms with Crippen molar-refractivity contribution in [3.05, 3.63) is 137 Å². The molecule has 10 N–H and O–H groups in total. The molecule has 4 aromatic rings. The monoisotopic (exact) mass is 1140 g/mol. The Morgan fingerprint density at radius 1 is 0.747 bits per heavy atom. The number of anilines is 3. The number of carboxylic acid groups (broad SMARTS) is 1. The number of nitrogens with one attached hydrogen (secondary N) is 7. The molecule has 0 bridgehead atoms. The van der Waals surface area contributed by atoms with Gasteiger partial charge in [-0.05, 0) is 109 Å². The maximum absolute atomic E-state index is 14.2. The van der Waals surface area contributed by atoms with Crippen LogP contribution in [0.15, 0.2) is 109 Å². The minimum absolute atomic E-state index is 0.0964. The van der Waals surface area contributed by atoms with Gasteiger partial charge in [0, 0.05) is 54.5 Å². The molecule has 21 nitrogen and oxygen atoms in total. The first-order valence-electron chi connectivity index (χ1n) is 27.8. The van der Waals surface area contributed by atoms with Crippen LogP contribution in [0.2, 0.25) is 0 Å². The summed E-state index contributed by atoms with van der Waals surface area (Å²) in [5.41, 5.74) is 9.74. The van der Waals surface area contributed by atoms with Gasteiger partial charge in [0.2, 0.25) is 35.4 Å². The largest absolute Gasteiger partial charge is 0.478 e. The van der Waals surface area contributed by atoms with E-state index in [1.807, 2.05) is 97.0 Å². The summed E-state index contributed by atoms with van der Waals surface area (Å²) in [6.45, 7) is 14.4. The van der Waals surface area contributed by atoms with E-state index in [2.05, 4.69) is 43.3 Å². The van der Waals surface area contributed by atoms with Crippen LogP contribution in [0.5, 0.6) is 0 Å². The van der Waals surface area contributed by atoms with Crippen LogP contribution in [0.25, 0.3) is 0 Å². The van der Waals surface area contributed by atoms with Crippen molar-refractivity contribution in [2.24, 2.45) is 17.1 Å². The average Bonchev–Trinajstić information content (AvgIpc) is 3.59. The first-order chi connectivity index (χ1) is 39.2. The van der Waals surface area contributed by atoms with Gasteiger partial charge in [-0.15, -0.1) is 0 Å². The van der Waals surface area contributed by atoms with Gasteiger partial charge in [0.25, 0.3) is 0 Å². The number of nitrogens with zero attached hydrogens (tertiary/aromatic N) is 2. The summed E-state index contributed by atoms with van der Waals surface area (Å²) in [6.07, 6.45) is 2.49. The van der Waals surface area contributed by atoms with Crippen LogP contribution < -0.4 is 47.9 Å². The quantitative estimate of drug-likeness (QED) is 0.0256. The number of carboxylic acids is 1. The SMILES string of the molecule is CNC(C(=O)NC(C(=O)N(C)C(/C=C(\C)C(=O)O)C(C)C)C(C)(C)C)C(C)(C)c1cccc(NC(=O)OCc2ccc(NC(=O)C(CCCNC(N)=O)NC(=O)CNC(=O)CCC(=O)N3Cc4ccccc4CCc4ccccc43)cc2)c1. The molecule has 5 rings (SSSR count). The molecule has 1 aliphatic heterocycles. The second-order valence-electron chi connectivity index (χ2n) is 22.8. The Bertz CT molecular complexity index is 3010. The zero-order valence-corrected chi connectivity index (χ0v) is 49.3. The van der Waals surface area contributed by atoms with Crippen LogP contribution in [0.4, 0.5) is 26.7 Å². The van der Waals surface area contributed by atoms with E-state index in [4.69, 9.17) is 10.5 Å². The van der Waals surface area contributed by atoms with Gasteiger partial charge in [0.05, 0.1) is 25.2 Å². The molecular formula is C62H82N10O11. The van der Waals surface area contributed by atoms with Crippen molar-refractivity contribution in [3.63, 3.8) is 0 Å². The number of urea groups is 1. The molecule has 1 aliphatic rings. The standard InChI is InChI=1S/C62H82N10O11/c1-38(2)49(33-39(3)58(79)80)71(10)57(78)54(61(4,5)6)70-56(77)53(64-9)62(7,8)44-20-15-21-46(34-44)68-60(82)83-37-40-24-28-45(29-25-40)67-55(76)47(22-16-32-65-59(63)81)69-51(74)35-66-50(73)30-31-52(75)72-36-43-19-12-11-17-41(43)26-27-42-18-13-14-23-48(42)72/h11-15,17-21,23-25,28-29,33-34,38,47,49,53-54,64H,16,22,26-27,30-32,35-37H2,1-10H3,(H,66,73)(H,67,76)(H,68,82)(H,69,74)(H,70,77)(H,79,80)(H3,63,65,81)/b39-33+. The molecule has 1 heterocycles. The molecule has 4 atom stereocenters. The van der Waals surface area contributed by atoms with Gasteiger partial charge in [-0.3, -0.25) is 34.1 Å². The number of carbonyl (C=O) groups is 9. The van der Waals surface area contributed by atoms with Gasteiger partial charge in [-0.25, -0.2) is 14.4 Å². The third kappa shape index (κ3) is 19.0. The van der Waals surface area contributed by atoms with Crippen molar-refractivity contribution in [3.8, 4) is 0 Å². The first-order valence-corrected chi connectivity index (χ1v) is 27.8. The van der Waals surface area contributed by atoms with Crippen LogP contribution in [0.3, 0.4) is 0 Å². The maximum Gasteiger partial charge on any atom is 0.411 e. The lowest BCUT2D eigenvalue weighted by Gasteiger charge is -2.40. The van der Waals surface area contributed by atoms with E-state index < -0.39 is 83.3 Å². The Balaban J connectivity index is 1.14. The Labute approximate surface area is 486 Å². The zero-order valence-electron chi connectivity index (χ0n) is 49.3. The third-order valence-electron chi connectivity index (χ3n) is 14.7. The van der Waals surface area contributed by atoms with Gasteiger partial charge >= 0.3 is 18.1 Å². The van der Waals surface area contributed by atoms with Crippen molar-refractivity contribution in [1.29, 1.82) is 0 Å². The van der Waals surface area contributed by atoms with E-state index >= 15 is 0 Å². The fraction of sp³-hybridized carbons (Fsp3) is 0.435. The number of aliphatic carboxylic acids is 1. The number of primary amides is 1. The van der Waals surface area contributed by atoms with Crippen LogP contribution in [0.1, 0.15) is 109 Å². The second kappa shape index (κ2) is 29.9. The van der Waals surface area contributed by atoms with Crippen LogP contribution in [-0.4, -0.2) is 115 Å². The summed E-state index contributed by atoms with van der Waals surface area (Å²) in [6, 6.07) is 24.9. The number of hydrogen-bond donors (Lipinski definition) is 9. The van der Waals surface area contributed by atoms with Crippen molar-refractivity contribution in [2.75, 3.05) is 42.7 Å². The number of benzene rings is 4. The van der Waals surface area contributed by atoms with Crippen LogP contribution in [-0.2, 0) is 69.7 Å². The van der Waals surface area contributed by atoms with Gasteiger partial charge in [0.1, 0.15) is 18.7 Å². The molecule has 0 radical (unpaired) electrons. The highest BCUT2D eigenvalue weighted by molar-refractivity contribution is 5.99. The molecule has 0 aromatic heterocycles. The van der Waals surface area contributed by atoms with Crippen molar-refractivity contribution >= 4 is 70.6 Å². The summed E-state index contributed by atoms with van der Waals surface area (Å²) in [5.74, 6) is -4.02. The van der Waals surface area contributed by atoms with Gasteiger partial charge in [-0.2, -0.15) is 0 Å². The summed E-state index contributed by atoms with van der Waals surface area (Å²) in [7, 11) is 3.24. The number of rotatable bonds is 25. The third-order valence-corrected chi connectivity index (χ3v) is 14.7. The second-order valence-corrected chi connectivity index (χ2v) is 22.8. The number of likely N-dealkylation sites (N-methyl/N-ethyl adjacent to an activating group) is 2. The number of amides is 9. The molecule has 4 aromatic carbocycles. The lowest BCUT2D eigenvalue weighted by molar-refractivity contribution is -0.141. The zero-order chi connectivity index (χ0) is 61.2. The number of para-hydroxylation sites is 1. The number of fused-ring (bicyclic) bond motifs is 2. The molecule has 446 valence electrons. The smallest absolute Gasteiger partial charge is 0.411 e. The Kier molecular flexibility index (Phi) is 23.5. The Morgan fingerprint density at radius 2 is 1.40 bits per heavy atom. The Hall–Kier alpha value is -8.59. The lowest BCUT2D eigenvalue weighted by Crippen LogP contribution is -2.61. The lowest BCUT2D eigenvalue weighted by atomic mass is 9.76. The van der Waals surface area contributed by atoms with Crippen molar-refractivity contribution < 1.29 is 53.0 Å². The summed E-state index contributed by atoms with van der Waals surface area (Å²) >= 11 is 0. The molecule has 0 fully saturated rings. The molecule has 0 saturated carbocycles. The predicted molar refractivity (Wildman–Crippen MR) is 318 cm³/mol. The number of carbonyl (C=O) groups excluding carboxylic acids is 8. The fourth-order valence-corrected chi connectivity index (χ4v) is 9.85. The minimum Gasteiger partial charge on any atom is -0.478 e. The first kappa shape index (κ1) is 65.2. The molecule has 9 amide bonds. The fourth-order valence-electron chi connectivity index (χ4n) is 9.85. The van der Waals surface area contributed by atoms with E-state index in [-0.39, 0.29) is 62.1 Å². The number of ether oxygens (including phenoxy) is 1. The van der Waals surface area contributed by atoms with Gasteiger partial charge in [0.15, 0.2) is 0 Å². The maximum atomic E-state index is 14.2. The molecule has 0 aliphatic carbocycles. The van der Waals surface area contributed by atoms with E-state index in [0.29, 0.717) is 29.0 Å². The predicted octanol–water partition coefficient (Wildman–Crippen LogP) is 6.45. The summed E-state index contributed by atoms with van der Waals surface area (Å²) in [4.78, 5) is 121. The van der Waals surface area contributed by atoms with E-state index in [1.54, 1.807) is 67.5 Å². The molecule has 0 saturated heterocycles. The minimum atomic E-state index is -1.09. The number of hydrogen-bond acceptors (Lipinski definition) is 11. The van der Waals surface area contributed by atoms with Gasteiger partial charge in [-0.1, -0.05) is 121 Å². The molecule has 4 unspecified atom stereocenters. The van der Waals surface area contributed by atoms with Gasteiger partial charge < -0.3 is 57.3 Å². The van der Waals surface area contributed by atoms with Crippen molar-refractivity contribution in [1.82, 2.24) is 31.5 Å². The van der Waals surface area contributed by atoms with E-state index in [0.717, 1.165) is 35.2 Å².